The molecular weight excluding hydrogens is 283 g/mol. The number of rotatable bonds is 1. The van der Waals surface area contributed by atoms with Gasteiger partial charge < -0.3 is 9.47 Å². The molecule has 2 aromatic heterocycles. The number of fused-ring (bicyclic) bond motifs is 3. The third-order valence-electron chi connectivity index (χ3n) is 4.19. The van der Waals surface area contributed by atoms with Crippen molar-refractivity contribution in [3.05, 3.63) is 52.3 Å². The maximum atomic E-state index is 13.6. The molecule has 0 radical (unpaired) electrons. The van der Waals surface area contributed by atoms with Crippen LogP contribution in [-0.4, -0.2) is 23.1 Å². The molecule has 0 amide bonds. The normalized spacial score (nSPS) is 15.6. The molecule has 0 bridgehead atoms. The molecule has 108 valence electrons. The van der Waals surface area contributed by atoms with E-state index in [-0.39, 0.29) is 5.82 Å². The van der Waals surface area contributed by atoms with E-state index < -0.39 is 0 Å². The van der Waals surface area contributed by atoms with Crippen molar-refractivity contribution in [2.45, 2.75) is 19.9 Å². The van der Waals surface area contributed by atoms with E-state index in [9.17, 15) is 4.39 Å². The number of hydrogen-bond acceptors (Lipinski definition) is 2. The van der Waals surface area contributed by atoms with Crippen LogP contribution < -0.4 is 0 Å². The van der Waals surface area contributed by atoms with Crippen LogP contribution in [0.15, 0.2) is 30.3 Å². The Kier molecular flexibility index (Phi) is 2.91. The number of nitrogens with zero attached hydrogens (tertiary/aromatic N) is 2. The molecule has 3 heterocycles. The molecule has 0 fully saturated rings. The monoisotopic (exact) mass is 300 g/mol. The summed E-state index contributed by atoms with van der Waals surface area (Å²) >= 11 is 1.85. The van der Waals surface area contributed by atoms with Crippen LogP contribution in [-0.2, 0) is 13.0 Å². The van der Waals surface area contributed by atoms with Gasteiger partial charge in [0.05, 0.1) is 10.2 Å². The van der Waals surface area contributed by atoms with Crippen LogP contribution >= 0.6 is 11.3 Å². The van der Waals surface area contributed by atoms with Crippen molar-refractivity contribution in [1.82, 2.24) is 9.47 Å². The first-order valence-corrected chi connectivity index (χ1v) is 8.02. The summed E-state index contributed by atoms with van der Waals surface area (Å²) in [5.41, 5.74) is 4.92. The van der Waals surface area contributed by atoms with E-state index >= 15 is 0 Å². The van der Waals surface area contributed by atoms with E-state index in [1.807, 2.05) is 17.4 Å². The van der Waals surface area contributed by atoms with Crippen molar-refractivity contribution in [3.63, 3.8) is 0 Å². The van der Waals surface area contributed by atoms with Crippen LogP contribution in [0.5, 0.6) is 0 Å². The predicted molar refractivity (Wildman–Crippen MR) is 85.9 cm³/mol. The first kappa shape index (κ1) is 13.0. The molecule has 3 aromatic rings. The highest BCUT2D eigenvalue weighted by atomic mass is 32.1. The van der Waals surface area contributed by atoms with Gasteiger partial charge in [-0.25, -0.2) is 4.39 Å². The zero-order chi connectivity index (χ0) is 14.6. The molecule has 0 N–H and O–H groups in total. The van der Waals surface area contributed by atoms with Crippen molar-refractivity contribution >= 4 is 21.6 Å². The Labute approximate surface area is 127 Å². The van der Waals surface area contributed by atoms with Crippen LogP contribution in [0.4, 0.5) is 4.39 Å². The number of benzene rings is 1. The molecule has 0 atom stereocenters. The predicted octanol–water partition coefficient (Wildman–Crippen LogP) is 4.13. The molecule has 4 heteroatoms. The summed E-state index contributed by atoms with van der Waals surface area (Å²) in [6.45, 7) is 4.17. The first-order chi connectivity index (χ1) is 10.1. The van der Waals surface area contributed by atoms with Gasteiger partial charge in [0.2, 0.25) is 0 Å². The fourth-order valence-electron chi connectivity index (χ4n) is 3.28. The quantitative estimate of drug-likeness (QED) is 0.656. The van der Waals surface area contributed by atoms with Gasteiger partial charge in [-0.3, -0.25) is 0 Å². The zero-order valence-corrected chi connectivity index (χ0v) is 13.0. The minimum atomic E-state index is -0.178. The number of aryl methyl sites for hydroxylation is 1. The van der Waals surface area contributed by atoms with E-state index in [0.717, 1.165) is 25.2 Å². The topological polar surface area (TPSA) is 8.17 Å². The molecule has 0 aliphatic carbocycles. The van der Waals surface area contributed by atoms with Crippen LogP contribution in [0.2, 0.25) is 0 Å². The summed E-state index contributed by atoms with van der Waals surface area (Å²) in [6, 6.07) is 9.14. The van der Waals surface area contributed by atoms with Crippen LogP contribution in [0.25, 0.3) is 15.9 Å². The van der Waals surface area contributed by atoms with E-state index in [0.29, 0.717) is 0 Å². The molecule has 1 aliphatic rings. The van der Waals surface area contributed by atoms with Gasteiger partial charge in [-0.2, -0.15) is 0 Å². The lowest BCUT2D eigenvalue weighted by Gasteiger charge is -2.24. The summed E-state index contributed by atoms with van der Waals surface area (Å²) in [4.78, 5) is 3.66. The second-order valence-corrected chi connectivity index (χ2v) is 7.06. The Balaban J connectivity index is 2.04. The SMILES string of the molecule is Cc1cc2c(s1)c1c(n2-c2cccc(F)c2)CCN(C)C1. The lowest BCUT2D eigenvalue weighted by atomic mass is 10.1. The summed E-state index contributed by atoms with van der Waals surface area (Å²) in [5.74, 6) is -0.178. The lowest BCUT2D eigenvalue weighted by Crippen LogP contribution is -2.27. The van der Waals surface area contributed by atoms with Gasteiger partial charge in [-0.15, -0.1) is 11.3 Å². The fraction of sp³-hybridized carbons (Fsp3) is 0.294. The van der Waals surface area contributed by atoms with E-state index in [2.05, 4.69) is 29.5 Å². The Hall–Kier alpha value is -1.65. The standard InChI is InChI=1S/C17H17FN2S/c1-11-8-16-17(21-11)14-10-19(2)7-6-15(14)20(16)13-5-3-4-12(18)9-13/h3-5,8-9H,6-7,10H2,1-2H3. The van der Waals surface area contributed by atoms with Gasteiger partial charge in [0.1, 0.15) is 5.82 Å². The summed E-state index contributed by atoms with van der Waals surface area (Å²) in [5, 5.41) is 0. The number of hydrogen-bond donors (Lipinski definition) is 0. The molecular formula is C17H17FN2S. The highest BCUT2D eigenvalue weighted by Crippen LogP contribution is 2.38. The van der Waals surface area contributed by atoms with Crippen LogP contribution in [0.3, 0.4) is 0 Å². The maximum absolute atomic E-state index is 13.6. The number of aromatic nitrogens is 1. The lowest BCUT2D eigenvalue weighted by molar-refractivity contribution is 0.311. The highest BCUT2D eigenvalue weighted by molar-refractivity contribution is 7.19. The van der Waals surface area contributed by atoms with Gasteiger partial charge in [0, 0.05) is 41.3 Å². The molecule has 0 unspecified atom stereocenters. The summed E-state index contributed by atoms with van der Waals surface area (Å²) < 4.78 is 17.3. The number of thiophene rings is 1. The second-order valence-electron chi connectivity index (χ2n) is 5.80. The number of halogens is 1. The van der Waals surface area contributed by atoms with Gasteiger partial charge in [-0.05, 0) is 38.2 Å². The van der Waals surface area contributed by atoms with Gasteiger partial charge >= 0.3 is 0 Å². The largest absolute Gasteiger partial charge is 0.312 e. The van der Waals surface area contributed by atoms with E-state index in [1.54, 1.807) is 12.1 Å². The Morgan fingerprint density at radius 3 is 2.90 bits per heavy atom. The Bertz CT molecular complexity index is 831. The smallest absolute Gasteiger partial charge is 0.125 e. The third kappa shape index (κ3) is 2.01. The fourth-order valence-corrected chi connectivity index (χ4v) is 4.33. The molecule has 4 rings (SSSR count). The average molecular weight is 300 g/mol. The van der Waals surface area contributed by atoms with Crippen molar-refractivity contribution in [3.8, 4) is 5.69 Å². The first-order valence-electron chi connectivity index (χ1n) is 7.20. The highest BCUT2D eigenvalue weighted by Gasteiger charge is 2.24. The Morgan fingerprint density at radius 2 is 2.10 bits per heavy atom. The van der Waals surface area contributed by atoms with E-state index in [4.69, 9.17) is 0 Å². The second kappa shape index (κ2) is 4.68. The van der Waals surface area contributed by atoms with Crippen LogP contribution in [0.1, 0.15) is 16.1 Å². The van der Waals surface area contributed by atoms with Crippen molar-refractivity contribution in [2.75, 3.05) is 13.6 Å². The van der Waals surface area contributed by atoms with E-state index in [1.165, 1.54) is 32.4 Å². The number of likely N-dealkylation sites (N-methyl/N-ethyl adjacent to an activating group) is 1. The Morgan fingerprint density at radius 1 is 1.24 bits per heavy atom. The summed E-state index contributed by atoms with van der Waals surface area (Å²) in [7, 11) is 2.16. The molecule has 0 saturated carbocycles. The van der Waals surface area contributed by atoms with Crippen molar-refractivity contribution in [1.29, 1.82) is 0 Å². The van der Waals surface area contributed by atoms with Gasteiger partial charge in [-0.1, -0.05) is 6.07 Å². The van der Waals surface area contributed by atoms with Gasteiger partial charge in [0.15, 0.2) is 0 Å². The van der Waals surface area contributed by atoms with Crippen molar-refractivity contribution in [2.24, 2.45) is 0 Å². The van der Waals surface area contributed by atoms with Crippen LogP contribution in [0, 0.1) is 12.7 Å². The minimum absolute atomic E-state index is 0.178. The van der Waals surface area contributed by atoms with Gasteiger partial charge in [0.25, 0.3) is 0 Å². The minimum Gasteiger partial charge on any atom is -0.312 e. The summed E-state index contributed by atoms with van der Waals surface area (Å²) in [6.07, 6.45) is 1.02. The molecule has 1 aliphatic heterocycles. The molecule has 21 heavy (non-hydrogen) atoms. The molecule has 1 aromatic carbocycles. The van der Waals surface area contributed by atoms with Crippen molar-refractivity contribution < 1.29 is 4.39 Å². The zero-order valence-electron chi connectivity index (χ0n) is 12.2. The molecule has 2 nitrogen and oxygen atoms in total. The maximum Gasteiger partial charge on any atom is 0.125 e. The molecule has 0 saturated heterocycles. The third-order valence-corrected chi connectivity index (χ3v) is 5.29. The molecule has 0 spiro atoms. The average Bonchev–Trinajstić information content (AvgIpc) is 2.94.